The van der Waals surface area contributed by atoms with Gasteiger partial charge in [-0.15, -0.1) is 0 Å². The number of halogens is 3. The largest absolute Gasteiger partial charge is 0.389 e. The third-order valence-electron chi connectivity index (χ3n) is 7.77. The van der Waals surface area contributed by atoms with E-state index in [2.05, 4.69) is 10.6 Å². The summed E-state index contributed by atoms with van der Waals surface area (Å²) < 4.78 is 59.5. The first-order valence-electron chi connectivity index (χ1n) is 13.0. The molecule has 0 heterocycles. The highest BCUT2D eigenvalue weighted by molar-refractivity contribution is 7.92. The minimum atomic E-state index is -4.06. The van der Waals surface area contributed by atoms with Crippen LogP contribution in [0.25, 0.3) is 0 Å². The van der Waals surface area contributed by atoms with Gasteiger partial charge in [0.1, 0.15) is 0 Å². The molecule has 0 saturated heterocycles. The number of sulfone groups is 1. The molecule has 2 aromatic rings. The van der Waals surface area contributed by atoms with Crippen LogP contribution in [-0.4, -0.2) is 55.9 Å². The SMILES string of the molecule is CCC1C[C@@H](S(=O)(=O)c2cc(C(=O)Nc3ccc(F)c(F)c3)ccc2Cl)C[C@H](C)[C@@]1(O)CC(=O)NC[C@H](C)OC. The smallest absolute Gasteiger partial charge is 0.255 e. The highest BCUT2D eigenvalue weighted by Gasteiger charge is 2.50. The maximum atomic E-state index is 13.8. The minimum Gasteiger partial charge on any atom is -0.389 e. The zero-order valence-electron chi connectivity index (χ0n) is 22.8. The molecule has 5 atom stereocenters. The third kappa shape index (κ3) is 6.99. The van der Waals surface area contributed by atoms with Crippen molar-refractivity contribution in [2.24, 2.45) is 11.8 Å². The zero-order valence-corrected chi connectivity index (χ0v) is 24.4. The fourth-order valence-electron chi connectivity index (χ4n) is 5.19. The zero-order chi connectivity index (χ0) is 29.8. The van der Waals surface area contributed by atoms with Crippen molar-refractivity contribution in [2.75, 3.05) is 19.0 Å². The Morgan fingerprint density at radius 2 is 1.88 bits per heavy atom. The lowest BCUT2D eigenvalue weighted by Crippen LogP contribution is -2.54. The van der Waals surface area contributed by atoms with Gasteiger partial charge in [-0.1, -0.05) is 31.9 Å². The maximum absolute atomic E-state index is 13.8. The van der Waals surface area contributed by atoms with Crippen molar-refractivity contribution in [3.8, 4) is 0 Å². The number of ether oxygens (including phenoxy) is 1. The van der Waals surface area contributed by atoms with E-state index in [1.54, 1.807) is 13.8 Å². The normalized spacial score (nSPS) is 23.9. The summed E-state index contributed by atoms with van der Waals surface area (Å²) >= 11 is 6.29. The molecule has 12 heteroatoms. The van der Waals surface area contributed by atoms with Gasteiger partial charge in [0.05, 0.1) is 33.3 Å². The number of rotatable bonds is 10. The number of anilines is 1. The Balaban J connectivity index is 1.82. The monoisotopic (exact) mass is 600 g/mol. The second-order valence-electron chi connectivity index (χ2n) is 10.4. The van der Waals surface area contributed by atoms with Crippen LogP contribution in [0.2, 0.25) is 5.02 Å². The van der Waals surface area contributed by atoms with E-state index in [9.17, 15) is 31.9 Å². The van der Waals surface area contributed by atoms with Gasteiger partial charge in [0.15, 0.2) is 21.5 Å². The van der Waals surface area contributed by atoms with E-state index in [1.165, 1.54) is 25.3 Å². The summed E-state index contributed by atoms with van der Waals surface area (Å²) in [5.74, 6) is -4.31. The van der Waals surface area contributed by atoms with Gasteiger partial charge < -0.3 is 20.5 Å². The molecule has 1 aliphatic rings. The molecule has 3 rings (SSSR count). The lowest BCUT2D eigenvalue weighted by atomic mass is 9.66. The standard InChI is InChI=1S/C28H35ClF2N2O6S/c1-5-19-12-21(10-16(2)28(19,36)14-26(34)32-15-17(3)39-4)40(37,38)25-11-18(6-8-22(25)29)27(35)33-20-7-9-23(30)24(31)13-20/h6-9,11,13,16-17,19,21,36H,5,10,12,14-15H2,1-4H3,(H,32,34)(H,33,35)/t16-,17-,19?,21-,28-/m0/s1. The van der Waals surface area contributed by atoms with E-state index in [1.807, 2.05) is 6.92 Å². The first-order valence-corrected chi connectivity index (χ1v) is 15.0. The molecule has 8 nitrogen and oxygen atoms in total. The van der Waals surface area contributed by atoms with Gasteiger partial charge in [-0.2, -0.15) is 0 Å². The van der Waals surface area contributed by atoms with E-state index in [0.717, 1.165) is 18.2 Å². The van der Waals surface area contributed by atoms with Crippen LogP contribution >= 0.6 is 11.6 Å². The molecule has 3 N–H and O–H groups in total. The van der Waals surface area contributed by atoms with Crippen LogP contribution in [0.5, 0.6) is 0 Å². The molecule has 0 aliphatic heterocycles. The van der Waals surface area contributed by atoms with Crippen LogP contribution in [-0.2, 0) is 19.4 Å². The molecule has 0 radical (unpaired) electrons. The molecule has 1 fully saturated rings. The Morgan fingerprint density at radius 1 is 1.18 bits per heavy atom. The number of methoxy groups -OCH3 is 1. The van der Waals surface area contributed by atoms with Crippen molar-refractivity contribution in [3.63, 3.8) is 0 Å². The van der Waals surface area contributed by atoms with Gasteiger partial charge in [-0.3, -0.25) is 9.59 Å². The Bertz CT molecular complexity index is 1360. The van der Waals surface area contributed by atoms with E-state index in [-0.39, 0.29) is 59.0 Å². The molecule has 0 spiro atoms. The van der Waals surface area contributed by atoms with Crippen LogP contribution in [0.3, 0.4) is 0 Å². The van der Waals surface area contributed by atoms with Gasteiger partial charge in [0, 0.05) is 31.0 Å². The number of benzene rings is 2. The number of amides is 2. The molecule has 0 bridgehead atoms. The van der Waals surface area contributed by atoms with Crippen LogP contribution in [0.15, 0.2) is 41.3 Å². The Labute approximate surface area is 238 Å². The second-order valence-corrected chi connectivity index (χ2v) is 13.0. The molecule has 40 heavy (non-hydrogen) atoms. The number of nitrogens with one attached hydrogen (secondary N) is 2. The molecule has 2 amide bonds. The third-order valence-corrected chi connectivity index (χ3v) is 10.4. The van der Waals surface area contributed by atoms with Crippen molar-refractivity contribution >= 4 is 38.9 Å². The second kappa shape index (κ2) is 12.9. The number of aliphatic hydroxyl groups is 1. The van der Waals surface area contributed by atoms with Crippen molar-refractivity contribution in [2.45, 2.75) is 68.3 Å². The first-order chi connectivity index (χ1) is 18.7. The van der Waals surface area contributed by atoms with Crippen molar-refractivity contribution in [1.29, 1.82) is 0 Å². The predicted octanol–water partition coefficient (Wildman–Crippen LogP) is 4.74. The highest BCUT2D eigenvalue weighted by Crippen LogP contribution is 2.46. The van der Waals surface area contributed by atoms with E-state index in [0.29, 0.717) is 6.42 Å². The number of carbonyl (C=O) groups excluding carboxylic acids is 2. The van der Waals surface area contributed by atoms with Crippen LogP contribution in [0.4, 0.5) is 14.5 Å². The molecular weight excluding hydrogens is 566 g/mol. The lowest BCUT2D eigenvalue weighted by molar-refractivity contribution is -0.138. The average Bonchev–Trinajstić information content (AvgIpc) is 2.90. The Kier molecular flexibility index (Phi) is 10.3. The molecule has 220 valence electrons. The van der Waals surface area contributed by atoms with Crippen LogP contribution in [0, 0.1) is 23.5 Å². The fraction of sp³-hybridized carbons (Fsp3) is 0.500. The van der Waals surface area contributed by atoms with E-state index < -0.39 is 50.1 Å². The molecule has 1 unspecified atom stereocenters. The number of carbonyl (C=O) groups is 2. The van der Waals surface area contributed by atoms with E-state index >= 15 is 0 Å². The highest BCUT2D eigenvalue weighted by atomic mass is 35.5. The summed E-state index contributed by atoms with van der Waals surface area (Å²) in [6.07, 6.45) is 0.259. The summed E-state index contributed by atoms with van der Waals surface area (Å²) in [5, 5.41) is 15.8. The number of hydrogen-bond acceptors (Lipinski definition) is 6. The van der Waals surface area contributed by atoms with Crippen molar-refractivity contribution < 1.29 is 36.6 Å². The topological polar surface area (TPSA) is 122 Å². The Morgan fingerprint density at radius 3 is 2.50 bits per heavy atom. The summed E-state index contributed by atoms with van der Waals surface area (Å²) in [4.78, 5) is 25.2. The molecule has 1 saturated carbocycles. The van der Waals surface area contributed by atoms with Crippen molar-refractivity contribution in [1.82, 2.24) is 5.32 Å². The van der Waals surface area contributed by atoms with Gasteiger partial charge in [-0.05, 0) is 61.9 Å². The molecule has 0 aromatic heterocycles. The van der Waals surface area contributed by atoms with Crippen LogP contribution < -0.4 is 10.6 Å². The molecule has 2 aromatic carbocycles. The fourth-order valence-corrected chi connectivity index (χ4v) is 7.65. The Hall–Kier alpha value is -2.60. The number of hydrogen-bond donors (Lipinski definition) is 3. The predicted molar refractivity (Wildman–Crippen MR) is 148 cm³/mol. The summed E-state index contributed by atoms with van der Waals surface area (Å²) in [7, 11) is -2.53. The lowest BCUT2D eigenvalue weighted by Gasteiger charge is -2.47. The van der Waals surface area contributed by atoms with Gasteiger partial charge in [0.2, 0.25) is 5.91 Å². The van der Waals surface area contributed by atoms with Crippen molar-refractivity contribution in [3.05, 3.63) is 58.6 Å². The maximum Gasteiger partial charge on any atom is 0.255 e. The quantitative estimate of drug-likeness (QED) is 0.362. The summed E-state index contributed by atoms with van der Waals surface area (Å²) in [6.45, 7) is 5.64. The van der Waals surface area contributed by atoms with Crippen LogP contribution in [0.1, 0.15) is 56.8 Å². The summed E-state index contributed by atoms with van der Waals surface area (Å²) in [5.41, 5.74) is -1.45. The van der Waals surface area contributed by atoms with Gasteiger partial charge >= 0.3 is 0 Å². The minimum absolute atomic E-state index is 0.00449. The van der Waals surface area contributed by atoms with Gasteiger partial charge in [-0.25, -0.2) is 17.2 Å². The molecule has 1 aliphatic carbocycles. The van der Waals surface area contributed by atoms with E-state index in [4.69, 9.17) is 16.3 Å². The molecular formula is C28H35ClF2N2O6S. The van der Waals surface area contributed by atoms with Gasteiger partial charge in [0.25, 0.3) is 5.91 Å². The first kappa shape index (κ1) is 31.9. The average molecular weight is 601 g/mol. The summed E-state index contributed by atoms with van der Waals surface area (Å²) in [6, 6.07) is 6.63.